The van der Waals surface area contributed by atoms with Crippen molar-refractivity contribution in [2.75, 3.05) is 18.9 Å². The highest BCUT2D eigenvalue weighted by atomic mass is 32.2. The molecule has 2 unspecified atom stereocenters. The monoisotopic (exact) mass is 425 g/mol. The molecule has 6 heteroatoms. The SMILES string of the molecule is CCN(C(=O)OCC1c2ccccc2-c2ccccc21)C1(C(=O)O)CCCSC1C. The molecule has 4 rings (SSSR count). The lowest BCUT2D eigenvalue weighted by Gasteiger charge is -2.45. The van der Waals surface area contributed by atoms with Crippen molar-refractivity contribution in [3.8, 4) is 11.1 Å². The first-order valence-electron chi connectivity index (χ1n) is 10.5. The van der Waals surface area contributed by atoms with Crippen molar-refractivity contribution in [1.82, 2.24) is 4.90 Å². The van der Waals surface area contributed by atoms with Crippen molar-refractivity contribution < 1.29 is 19.4 Å². The average Bonchev–Trinajstić information content (AvgIpc) is 3.08. The van der Waals surface area contributed by atoms with Crippen molar-refractivity contribution in [3.63, 3.8) is 0 Å². The molecule has 5 nitrogen and oxygen atoms in total. The smallest absolute Gasteiger partial charge is 0.410 e. The molecule has 1 amide bonds. The first-order valence-corrected chi connectivity index (χ1v) is 11.5. The standard InChI is InChI=1S/C24H27NO4S/c1-3-25(24(22(26)27)13-8-14-30-16(24)2)23(28)29-15-21-19-11-6-4-9-17(19)18-10-5-7-12-20(18)21/h4-7,9-12,16,21H,3,8,13-15H2,1-2H3,(H,26,27). The molecule has 1 N–H and O–H groups in total. The summed E-state index contributed by atoms with van der Waals surface area (Å²) in [6, 6.07) is 16.4. The fraction of sp³-hybridized carbons (Fsp3) is 0.417. The van der Waals surface area contributed by atoms with Gasteiger partial charge in [0.05, 0.1) is 0 Å². The van der Waals surface area contributed by atoms with Gasteiger partial charge in [0.25, 0.3) is 0 Å². The Hall–Kier alpha value is -2.47. The molecular weight excluding hydrogens is 398 g/mol. The van der Waals surface area contributed by atoms with Crippen molar-refractivity contribution in [2.45, 2.75) is 43.4 Å². The van der Waals surface area contributed by atoms with E-state index in [-0.39, 0.29) is 17.8 Å². The van der Waals surface area contributed by atoms with E-state index in [9.17, 15) is 14.7 Å². The molecule has 2 aromatic carbocycles. The summed E-state index contributed by atoms with van der Waals surface area (Å²) in [4.78, 5) is 26.9. The van der Waals surface area contributed by atoms with Gasteiger partial charge in [0, 0.05) is 17.7 Å². The quantitative estimate of drug-likeness (QED) is 0.730. The van der Waals surface area contributed by atoms with Gasteiger partial charge in [-0.2, -0.15) is 11.8 Å². The second-order valence-electron chi connectivity index (χ2n) is 7.89. The van der Waals surface area contributed by atoms with Gasteiger partial charge in [-0.15, -0.1) is 0 Å². The third kappa shape index (κ3) is 3.27. The summed E-state index contributed by atoms with van der Waals surface area (Å²) in [7, 11) is 0. The van der Waals surface area contributed by atoms with Crippen LogP contribution in [0.15, 0.2) is 48.5 Å². The molecule has 0 bridgehead atoms. The number of carboxylic acid groups (broad SMARTS) is 1. The number of carbonyl (C=O) groups excluding carboxylic acids is 1. The van der Waals surface area contributed by atoms with Crippen LogP contribution in [0.25, 0.3) is 11.1 Å². The fourth-order valence-electron chi connectivity index (χ4n) is 4.94. The summed E-state index contributed by atoms with van der Waals surface area (Å²) in [6.07, 6.45) is 0.680. The zero-order valence-electron chi connectivity index (χ0n) is 17.3. The normalized spacial score (nSPS) is 22.8. The Morgan fingerprint density at radius 1 is 1.13 bits per heavy atom. The highest BCUT2D eigenvalue weighted by Gasteiger charge is 2.52. The molecule has 1 aliphatic carbocycles. The van der Waals surface area contributed by atoms with Crippen LogP contribution in [-0.4, -0.2) is 51.8 Å². The van der Waals surface area contributed by atoms with Gasteiger partial charge in [-0.25, -0.2) is 9.59 Å². The van der Waals surface area contributed by atoms with Gasteiger partial charge in [-0.1, -0.05) is 55.5 Å². The van der Waals surface area contributed by atoms with E-state index in [1.165, 1.54) is 16.0 Å². The molecule has 0 aromatic heterocycles. The molecule has 1 fully saturated rings. The number of nitrogens with zero attached hydrogens (tertiary/aromatic N) is 1. The first-order chi connectivity index (χ1) is 14.5. The lowest BCUT2D eigenvalue weighted by Crippen LogP contribution is -2.63. The van der Waals surface area contributed by atoms with Crippen LogP contribution >= 0.6 is 11.8 Å². The number of aliphatic carboxylic acids is 1. The highest BCUT2D eigenvalue weighted by Crippen LogP contribution is 2.45. The predicted molar refractivity (Wildman–Crippen MR) is 119 cm³/mol. The number of ether oxygens (including phenoxy) is 1. The largest absolute Gasteiger partial charge is 0.479 e. The summed E-state index contributed by atoms with van der Waals surface area (Å²) < 4.78 is 5.78. The van der Waals surface area contributed by atoms with E-state index < -0.39 is 17.6 Å². The summed E-state index contributed by atoms with van der Waals surface area (Å²) >= 11 is 1.61. The van der Waals surface area contributed by atoms with Crippen LogP contribution in [0.4, 0.5) is 4.79 Å². The second kappa shape index (κ2) is 8.34. The summed E-state index contributed by atoms with van der Waals surface area (Å²) in [5.74, 6) is -0.0742. The minimum Gasteiger partial charge on any atom is -0.479 e. The van der Waals surface area contributed by atoms with E-state index >= 15 is 0 Å². The molecule has 0 spiro atoms. The zero-order valence-corrected chi connectivity index (χ0v) is 18.2. The lowest BCUT2D eigenvalue weighted by atomic mass is 9.87. The Morgan fingerprint density at radius 2 is 1.73 bits per heavy atom. The lowest BCUT2D eigenvalue weighted by molar-refractivity contribution is -0.151. The number of hydrogen-bond acceptors (Lipinski definition) is 4. The van der Waals surface area contributed by atoms with Crippen molar-refractivity contribution in [1.29, 1.82) is 0 Å². The van der Waals surface area contributed by atoms with Crippen molar-refractivity contribution in [3.05, 3.63) is 59.7 Å². The van der Waals surface area contributed by atoms with Crippen molar-refractivity contribution >= 4 is 23.8 Å². The van der Waals surface area contributed by atoms with E-state index in [1.807, 2.05) is 38.1 Å². The number of rotatable bonds is 5. The van der Waals surface area contributed by atoms with Gasteiger partial charge >= 0.3 is 12.1 Å². The summed E-state index contributed by atoms with van der Waals surface area (Å²) in [6.45, 7) is 4.21. The second-order valence-corrected chi connectivity index (χ2v) is 9.34. The molecule has 158 valence electrons. The minimum absolute atomic E-state index is 0.0426. The number of hydrogen-bond donors (Lipinski definition) is 1. The van der Waals surface area contributed by atoms with E-state index in [0.29, 0.717) is 13.0 Å². The summed E-state index contributed by atoms with van der Waals surface area (Å²) in [5, 5.41) is 9.90. The van der Waals surface area contributed by atoms with Crippen molar-refractivity contribution in [2.24, 2.45) is 0 Å². The van der Waals surface area contributed by atoms with E-state index in [4.69, 9.17) is 4.74 Å². The van der Waals surface area contributed by atoms with Crippen LogP contribution in [0.5, 0.6) is 0 Å². The predicted octanol–water partition coefficient (Wildman–Crippen LogP) is 5.00. The minimum atomic E-state index is -1.22. The molecule has 1 heterocycles. The maximum Gasteiger partial charge on any atom is 0.410 e. The van der Waals surface area contributed by atoms with Crippen LogP contribution in [0.2, 0.25) is 0 Å². The molecule has 30 heavy (non-hydrogen) atoms. The van der Waals surface area contributed by atoms with E-state index in [2.05, 4.69) is 24.3 Å². The number of amides is 1. The highest BCUT2D eigenvalue weighted by molar-refractivity contribution is 8.00. The van der Waals surface area contributed by atoms with Gasteiger partial charge in [-0.05, 0) is 47.8 Å². The number of likely N-dealkylation sites (N-methyl/N-ethyl adjacent to an activating group) is 1. The number of carbonyl (C=O) groups is 2. The van der Waals surface area contributed by atoms with Gasteiger partial charge < -0.3 is 9.84 Å². The molecule has 2 atom stereocenters. The maximum absolute atomic E-state index is 13.1. The molecule has 1 saturated heterocycles. The Morgan fingerprint density at radius 3 is 2.27 bits per heavy atom. The molecule has 0 saturated carbocycles. The Balaban J connectivity index is 1.57. The Bertz CT molecular complexity index is 916. The summed E-state index contributed by atoms with van der Waals surface area (Å²) in [5.41, 5.74) is 3.40. The molecule has 0 radical (unpaired) electrons. The number of fused-ring (bicyclic) bond motifs is 3. The molecule has 1 aliphatic heterocycles. The van der Waals surface area contributed by atoms with Gasteiger partial charge in [0.1, 0.15) is 6.61 Å². The maximum atomic E-state index is 13.1. The van der Waals surface area contributed by atoms with Crippen LogP contribution < -0.4 is 0 Å². The number of benzene rings is 2. The third-order valence-corrected chi connectivity index (χ3v) is 7.88. The van der Waals surface area contributed by atoms with Crippen LogP contribution in [-0.2, 0) is 9.53 Å². The van der Waals surface area contributed by atoms with Gasteiger partial charge in [0.2, 0.25) is 0 Å². The van der Waals surface area contributed by atoms with E-state index in [0.717, 1.165) is 23.3 Å². The first kappa shape index (κ1) is 20.8. The molecular formula is C24H27NO4S. The van der Waals surface area contributed by atoms with Crippen LogP contribution in [0, 0.1) is 0 Å². The topological polar surface area (TPSA) is 66.8 Å². The molecule has 2 aliphatic rings. The fourth-order valence-corrected chi connectivity index (χ4v) is 6.23. The van der Waals surface area contributed by atoms with Crippen LogP contribution in [0.3, 0.4) is 0 Å². The third-order valence-electron chi connectivity index (χ3n) is 6.47. The number of carboxylic acids is 1. The average molecular weight is 426 g/mol. The molecule has 2 aromatic rings. The Kier molecular flexibility index (Phi) is 5.78. The Labute approximate surface area is 181 Å². The van der Waals surface area contributed by atoms with Gasteiger partial charge in [0.15, 0.2) is 5.54 Å². The van der Waals surface area contributed by atoms with Crippen LogP contribution in [0.1, 0.15) is 43.7 Å². The van der Waals surface area contributed by atoms with Gasteiger partial charge in [-0.3, -0.25) is 4.90 Å². The zero-order chi connectivity index (χ0) is 21.3. The number of thioether (sulfide) groups is 1. The van der Waals surface area contributed by atoms with E-state index in [1.54, 1.807) is 11.8 Å².